The van der Waals surface area contributed by atoms with Gasteiger partial charge in [-0.3, -0.25) is 4.98 Å². The minimum Gasteiger partial charge on any atom is -0.493 e. The van der Waals surface area contributed by atoms with Gasteiger partial charge in [0.25, 0.3) is 0 Å². The molecule has 0 fully saturated rings. The van der Waals surface area contributed by atoms with E-state index in [9.17, 15) is 8.42 Å². The molecule has 0 saturated carbocycles. The van der Waals surface area contributed by atoms with E-state index in [0.717, 1.165) is 16.5 Å². The molecule has 0 bridgehead atoms. The van der Waals surface area contributed by atoms with Crippen LogP contribution in [-0.2, 0) is 10.0 Å². The van der Waals surface area contributed by atoms with Crippen molar-refractivity contribution in [3.05, 3.63) is 66.0 Å². The van der Waals surface area contributed by atoms with Crippen LogP contribution in [0.2, 0.25) is 0 Å². The summed E-state index contributed by atoms with van der Waals surface area (Å²) in [7, 11) is -0.396. The van der Waals surface area contributed by atoms with Gasteiger partial charge in [0, 0.05) is 42.8 Å². The SMILES string of the molecule is COc1ccc(C=C(C)CNCCNS(=O)(=O)c2cccc3cnccc23)cc1OC.Cl.Cl. The van der Waals surface area contributed by atoms with Crippen molar-refractivity contribution in [3.63, 3.8) is 0 Å². The average molecular weight is 514 g/mol. The Morgan fingerprint density at radius 3 is 2.52 bits per heavy atom. The van der Waals surface area contributed by atoms with Crippen LogP contribution in [0.25, 0.3) is 16.8 Å². The highest BCUT2D eigenvalue weighted by Gasteiger charge is 2.16. The van der Waals surface area contributed by atoms with Crippen molar-refractivity contribution in [2.45, 2.75) is 11.8 Å². The highest BCUT2D eigenvalue weighted by atomic mass is 35.5. The second kappa shape index (κ2) is 13.4. The van der Waals surface area contributed by atoms with Crippen LogP contribution in [0.5, 0.6) is 11.5 Å². The van der Waals surface area contributed by atoms with Gasteiger partial charge in [0.15, 0.2) is 11.5 Å². The average Bonchev–Trinajstić information content (AvgIpc) is 2.78. The predicted molar refractivity (Wildman–Crippen MR) is 137 cm³/mol. The van der Waals surface area contributed by atoms with Gasteiger partial charge in [-0.15, -0.1) is 24.8 Å². The van der Waals surface area contributed by atoms with Crippen molar-refractivity contribution >= 4 is 51.7 Å². The molecule has 180 valence electrons. The molecule has 0 aliphatic rings. The number of hydrogen-bond donors (Lipinski definition) is 2. The standard InChI is InChI=1S/C23H27N3O4S.2ClH/c1-17(13-18-7-8-21(29-2)22(14-18)30-3)15-25-11-12-26-31(27,28)23-6-4-5-19-16-24-10-9-20(19)23;;/h4-10,13-14,16,25-26H,11-12,15H2,1-3H3;2*1H. The van der Waals surface area contributed by atoms with Crippen LogP contribution in [-0.4, -0.2) is 47.3 Å². The van der Waals surface area contributed by atoms with E-state index in [2.05, 4.69) is 15.0 Å². The van der Waals surface area contributed by atoms with E-state index in [1.165, 1.54) is 0 Å². The lowest BCUT2D eigenvalue weighted by atomic mass is 10.1. The molecule has 7 nitrogen and oxygen atoms in total. The zero-order valence-electron chi connectivity index (χ0n) is 18.7. The Morgan fingerprint density at radius 2 is 1.79 bits per heavy atom. The van der Waals surface area contributed by atoms with E-state index < -0.39 is 10.0 Å². The lowest BCUT2D eigenvalue weighted by molar-refractivity contribution is 0.355. The molecular weight excluding hydrogens is 485 g/mol. The van der Waals surface area contributed by atoms with E-state index in [1.807, 2.05) is 37.3 Å². The summed E-state index contributed by atoms with van der Waals surface area (Å²) in [5, 5.41) is 4.71. The van der Waals surface area contributed by atoms with E-state index in [4.69, 9.17) is 9.47 Å². The van der Waals surface area contributed by atoms with Crippen LogP contribution in [0.4, 0.5) is 0 Å². The van der Waals surface area contributed by atoms with E-state index in [-0.39, 0.29) is 36.3 Å². The molecule has 0 amide bonds. The summed E-state index contributed by atoms with van der Waals surface area (Å²) in [6.07, 6.45) is 5.29. The van der Waals surface area contributed by atoms with Crippen LogP contribution >= 0.6 is 24.8 Å². The van der Waals surface area contributed by atoms with Crippen molar-refractivity contribution < 1.29 is 17.9 Å². The number of pyridine rings is 1. The first kappa shape index (κ1) is 28.7. The number of methoxy groups -OCH3 is 2. The Bertz CT molecular complexity index is 1180. The molecule has 1 aromatic heterocycles. The van der Waals surface area contributed by atoms with Crippen LogP contribution in [0.15, 0.2) is 65.3 Å². The fourth-order valence-corrected chi connectivity index (χ4v) is 4.50. The first-order valence-corrected chi connectivity index (χ1v) is 11.4. The maximum Gasteiger partial charge on any atom is 0.241 e. The van der Waals surface area contributed by atoms with Gasteiger partial charge in [0.05, 0.1) is 19.1 Å². The zero-order chi connectivity index (χ0) is 22.3. The molecule has 0 unspecified atom stereocenters. The Morgan fingerprint density at radius 1 is 1.03 bits per heavy atom. The number of nitrogens with zero attached hydrogens (tertiary/aromatic N) is 1. The Labute approximate surface area is 207 Å². The number of hydrogen-bond acceptors (Lipinski definition) is 6. The molecule has 0 atom stereocenters. The summed E-state index contributed by atoms with van der Waals surface area (Å²) in [4.78, 5) is 4.30. The molecule has 10 heteroatoms. The molecule has 3 rings (SSSR count). The Kier molecular flexibility index (Phi) is 11.6. The minimum absolute atomic E-state index is 0. The maximum atomic E-state index is 12.7. The number of benzene rings is 2. The molecule has 0 radical (unpaired) electrons. The van der Waals surface area contributed by atoms with Crippen LogP contribution in [0.3, 0.4) is 0 Å². The number of nitrogens with one attached hydrogen (secondary N) is 2. The number of fused-ring (bicyclic) bond motifs is 1. The minimum atomic E-state index is -3.61. The molecule has 0 aliphatic heterocycles. The molecular formula is C23H29Cl2N3O4S. The second-order valence-corrected chi connectivity index (χ2v) is 8.77. The summed E-state index contributed by atoms with van der Waals surface area (Å²) in [6, 6.07) is 12.6. The zero-order valence-corrected chi connectivity index (χ0v) is 21.1. The highest BCUT2D eigenvalue weighted by Crippen LogP contribution is 2.28. The first-order chi connectivity index (χ1) is 14.9. The molecule has 0 saturated heterocycles. The summed E-state index contributed by atoms with van der Waals surface area (Å²) >= 11 is 0. The molecule has 1 heterocycles. The van der Waals surface area contributed by atoms with Gasteiger partial charge in [0.2, 0.25) is 10.0 Å². The quantitative estimate of drug-likeness (QED) is 0.397. The lowest BCUT2D eigenvalue weighted by Crippen LogP contribution is -2.32. The van der Waals surface area contributed by atoms with Gasteiger partial charge in [-0.2, -0.15) is 0 Å². The number of ether oxygens (including phenoxy) is 2. The lowest BCUT2D eigenvalue weighted by Gasteiger charge is -2.11. The van der Waals surface area contributed by atoms with Gasteiger partial charge in [-0.05, 0) is 36.8 Å². The summed E-state index contributed by atoms with van der Waals surface area (Å²) in [5.74, 6) is 1.36. The fraction of sp³-hybridized carbons (Fsp3) is 0.261. The molecule has 3 aromatic rings. The van der Waals surface area contributed by atoms with Gasteiger partial charge in [-0.25, -0.2) is 13.1 Å². The monoisotopic (exact) mass is 513 g/mol. The second-order valence-electron chi connectivity index (χ2n) is 7.03. The Balaban J connectivity index is 0.00000272. The van der Waals surface area contributed by atoms with Crippen LogP contribution < -0.4 is 19.5 Å². The summed E-state index contributed by atoms with van der Waals surface area (Å²) in [6.45, 7) is 3.43. The van der Waals surface area contributed by atoms with E-state index in [1.54, 1.807) is 44.8 Å². The van der Waals surface area contributed by atoms with Crippen molar-refractivity contribution in [1.29, 1.82) is 0 Å². The number of sulfonamides is 1. The normalized spacial score (nSPS) is 11.4. The summed E-state index contributed by atoms with van der Waals surface area (Å²) < 4.78 is 38.6. The van der Waals surface area contributed by atoms with Gasteiger partial charge in [-0.1, -0.05) is 29.8 Å². The number of rotatable bonds is 10. The van der Waals surface area contributed by atoms with Crippen molar-refractivity contribution in [1.82, 2.24) is 15.0 Å². The Hall–Kier alpha value is -2.36. The van der Waals surface area contributed by atoms with E-state index in [0.29, 0.717) is 30.0 Å². The third-order valence-electron chi connectivity index (χ3n) is 4.75. The number of halogens is 2. The molecule has 2 N–H and O–H groups in total. The largest absolute Gasteiger partial charge is 0.493 e. The molecule has 0 aliphatic carbocycles. The van der Waals surface area contributed by atoms with Gasteiger partial charge >= 0.3 is 0 Å². The van der Waals surface area contributed by atoms with Crippen molar-refractivity contribution in [3.8, 4) is 11.5 Å². The van der Waals surface area contributed by atoms with Crippen molar-refractivity contribution in [2.24, 2.45) is 0 Å². The van der Waals surface area contributed by atoms with E-state index >= 15 is 0 Å². The van der Waals surface area contributed by atoms with Gasteiger partial charge in [0.1, 0.15) is 0 Å². The third-order valence-corrected chi connectivity index (χ3v) is 6.27. The smallest absolute Gasteiger partial charge is 0.241 e. The summed E-state index contributed by atoms with van der Waals surface area (Å²) in [5.41, 5.74) is 2.11. The van der Waals surface area contributed by atoms with Crippen LogP contribution in [0, 0.1) is 0 Å². The predicted octanol–water partition coefficient (Wildman–Crippen LogP) is 4.07. The molecule has 33 heavy (non-hydrogen) atoms. The van der Waals surface area contributed by atoms with Crippen LogP contribution in [0.1, 0.15) is 12.5 Å². The number of aromatic nitrogens is 1. The fourth-order valence-electron chi connectivity index (χ4n) is 3.24. The first-order valence-electron chi connectivity index (χ1n) is 9.87. The molecule has 0 spiro atoms. The topological polar surface area (TPSA) is 89.6 Å². The third kappa shape index (κ3) is 7.58. The highest BCUT2D eigenvalue weighted by molar-refractivity contribution is 7.89. The molecule has 2 aromatic carbocycles. The maximum absolute atomic E-state index is 12.7. The van der Waals surface area contributed by atoms with Crippen molar-refractivity contribution in [2.75, 3.05) is 33.9 Å². The van der Waals surface area contributed by atoms with Gasteiger partial charge < -0.3 is 14.8 Å².